The molecule has 0 fully saturated rings. The van der Waals surface area contributed by atoms with Gasteiger partial charge >= 0.3 is 0 Å². The third kappa shape index (κ3) is 5.81. The number of ether oxygens (including phenoxy) is 2. The first-order chi connectivity index (χ1) is 19.7. The highest BCUT2D eigenvalue weighted by molar-refractivity contribution is 7.93. The van der Waals surface area contributed by atoms with Gasteiger partial charge in [0.15, 0.2) is 5.13 Å². The van der Waals surface area contributed by atoms with Crippen LogP contribution < -0.4 is 19.1 Å². The van der Waals surface area contributed by atoms with Crippen molar-refractivity contribution in [3.8, 4) is 11.5 Å². The summed E-state index contributed by atoms with van der Waals surface area (Å²) < 4.78 is 55.3. The van der Waals surface area contributed by atoms with E-state index < -0.39 is 20.7 Å². The van der Waals surface area contributed by atoms with Crippen molar-refractivity contribution in [1.29, 1.82) is 0 Å². The summed E-state index contributed by atoms with van der Waals surface area (Å²) in [6.45, 7) is 1.78. The first-order valence-electron chi connectivity index (χ1n) is 12.6. The molecule has 1 aromatic heterocycles. The topological polar surface area (TPSA) is 80.8 Å². The van der Waals surface area contributed by atoms with E-state index in [2.05, 4.69) is 10.3 Å². The van der Waals surface area contributed by atoms with Crippen LogP contribution in [-0.4, -0.2) is 27.6 Å². The van der Waals surface area contributed by atoms with Crippen LogP contribution in [0.1, 0.15) is 24.1 Å². The number of thiazole rings is 1. The highest BCUT2D eigenvalue weighted by atomic mass is 35.5. The molecule has 0 aliphatic rings. The molecule has 0 aliphatic carbocycles. The molecule has 0 amide bonds. The Labute approximate surface area is 247 Å². The molecule has 1 heterocycles. The zero-order chi connectivity index (χ0) is 29.1. The zero-order valence-corrected chi connectivity index (χ0v) is 24.9. The maximum absolute atomic E-state index is 15.7. The van der Waals surface area contributed by atoms with Gasteiger partial charge in [0.05, 0.1) is 31.5 Å². The van der Waals surface area contributed by atoms with Crippen LogP contribution in [0.15, 0.2) is 89.3 Å². The number of nitrogens with one attached hydrogen (secondary N) is 1. The second kappa shape index (κ2) is 11.9. The SMILES string of the molecule is COc1ccc(CN(c2nccs2)S(=O)(=O)c2cc(Cl)c(NC(C)c3cccc4ccccc34)cc2F)c(OC)c1. The number of hydrogen-bond donors (Lipinski definition) is 1. The summed E-state index contributed by atoms with van der Waals surface area (Å²) in [5.41, 5.74) is 1.82. The molecule has 41 heavy (non-hydrogen) atoms. The van der Waals surface area contributed by atoms with Crippen LogP contribution in [0, 0.1) is 5.82 Å². The summed E-state index contributed by atoms with van der Waals surface area (Å²) in [4.78, 5) is 3.63. The number of anilines is 2. The molecule has 0 radical (unpaired) electrons. The molecular weight excluding hydrogens is 585 g/mol. The molecule has 212 valence electrons. The van der Waals surface area contributed by atoms with Gasteiger partial charge in [-0.3, -0.25) is 0 Å². The predicted molar refractivity (Wildman–Crippen MR) is 162 cm³/mol. The van der Waals surface area contributed by atoms with Gasteiger partial charge in [-0.25, -0.2) is 22.1 Å². The van der Waals surface area contributed by atoms with Crippen molar-refractivity contribution in [2.75, 3.05) is 23.8 Å². The molecular formula is C30H27ClFN3O4S2. The van der Waals surface area contributed by atoms with Gasteiger partial charge in [-0.05, 0) is 47.5 Å². The first-order valence-corrected chi connectivity index (χ1v) is 15.3. The van der Waals surface area contributed by atoms with Crippen LogP contribution in [0.5, 0.6) is 11.5 Å². The molecule has 0 spiro atoms. The average Bonchev–Trinajstić information content (AvgIpc) is 3.51. The fourth-order valence-corrected chi connectivity index (χ4v) is 7.25. The minimum absolute atomic E-state index is 0.0678. The Morgan fingerprint density at radius 2 is 1.83 bits per heavy atom. The highest BCUT2D eigenvalue weighted by Crippen LogP contribution is 2.36. The summed E-state index contributed by atoms with van der Waals surface area (Å²) in [5, 5.41) is 7.26. The number of halogens is 2. The van der Waals surface area contributed by atoms with Crippen molar-refractivity contribution >= 4 is 54.6 Å². The van der Waals surface area contributed by atoms with Gasteiger partial charge in [0.1, 0.15) is 22.2 Å². The van der Waals surface area contributed by atoms with Gasteiger partial charge in [0, 0.05) is 29.2 Å². The van der Waals surface area contributed by atoms with Crippen molar-refractivity contribution in [1.82, 2.24) is 4.98 Å². The lowest BCUT2D eigenvalue weighted by Crippen LogP contribution is -2.31. The zero-order valence-electron chi connectivity index (χ0n) is 22.5. The van der Waals surface area contributed by atoms with E-state index in [-0.39, 0.29) is 28.4 Å². The van der Waals surface area contributed by atoms with Crippen LogP contribution in [0.2, 0.25) is 5.02 Å². The number of methoxy groups -OCH3 is 2. The van der Waals surface area contributed by atoms with E-state index in [4.69, 9.17) is 21.1 Å². The molecule has 4 aromatic carbocycles. The predicted octanol–water partition coefficient (Wildman–Crippen LogP) is 7.67. The Kier molecular flexibility index (Phi) is 8.35. The molecule has 5 aromatic rings. The third-order valence-corrected chi connectivity index (χ3v) is 9.67. The lowest BCUT2D eigenvalue weighted by Gasteiger charge is -2.24. The first kappa shape index (κ1) is 28.7. The van der Waals surface area contributed by atoms with E-state index in [0.717, 1.165) is 44.1 Å². The maximum atomic E-state index is 15.7. The minimum Gasteiger partial charge on any atom is -0.497 e. The average molecular weight is 612 g/mol. The summed E-state index contributed by atoms with van der Waals surface area (Å²) in [5.74, 6) is 0.0275. The Balaban J connectivity index is 1.49. The molecule has 1 unspecified atom stereocenters. The Morgan fingerprint density at radius 1 is 1.05 bits per heavy atom. The van der Waals surface area contributed by atoms with Gasteiger partial charge in [0.2, 0.25) is 0 Å². The molecule has 1 N–H and O–H groups in total. The number of fused-ring (bicyclic) bond motifs is 1. The minimum atomic E-state index is -4.44. The third-order valence-electron chi connectivity index (χ3n) is 6.69. The second-order valence-corrected chi connectivity index (χ2v) is 12.3. The van der Waals surface area contributed by atoms with Gasteiger partial charge < -0.3 is 14.8 Å². The van der Waals surface area contributed by atoms with Gasteiger partial charge in [0.25, 0.3) is 10.0 Å². The molecule has 0 saturated carbocycles. The van der Waals surface area contributed by atoms with Crippen molar-refractivity contribution in [3.05, 3.63) is 106 Å². The van der Waals surface area contributed by atoms with Gasteiger partial charge in [-0.2, -0.15) is 0 Å². The van der Waals surface area contributed by atoms with Gasteiger partial charge in [-0.15, -0.1) is 11.3 Å². The lowest BCUT2D eigenvalue weighted by atomic mass is 9.99. The van der Waals surface area contributed by atoms with E-state index in [1.807, 2.05) is 49.4 Å². The summed E-state index contributed by atoms with van der Waals surface area (Å²) >= 11 is 7.68. The summed E-state index contributed by atoms with van der Waals surface area (Å²) in [7, 11) is -1.44. The standard InChI is InChI=1S/C30H27ClFN3O4S2/c1-19(23-10-6-8-20-7-4-5-9-24(20)23)34-27-17-26(32)29(16-25(27)31)41(36,37)35(30-33-13-14-40-30)18-21-11-12-22(38-2)15-28(21)39-3/h4-17,19,34H,18H2,1-3H3. The highest BCUT2D eigenvalue weighted by Gasteiger charge is 2.32. The normalized spacial score (nSPS) is 12.2. The molecule has 1 atom stereocenters. The van der Waals surface area contributed by atoms with Crippen molar-refractivity contribution in [2.45, 2.75) is 24.4 Å². The maximum Gasteiger partial charge on any atom is 0.269 e. The quantitative estimate of drug-likeness (QED) is 0.174. The number of hydrogen-bond acceptors (Lipinski definition) is 7. The molecule has 7 nitrogen and oxygen atoms in total. The van der Waals surface area contributed by atoms with Crippen molar-refractivity contribution < 1.29 is 22.3 Å². The number of aromatic nitrogens is 1. The second-order valence-electron chi connectivity index (χ2n) is 9.20. The van der Waals surface area contributed by atoms with Crippen LogP contribution in [-0.2, 0) is 16.6 Å². The largest absolute Gasteiger partial charge is 0.497 e. The fourth-order valence-electron chi connectivity index (χ4n) is 4.63. The van der Waals surface area contributed by atoms with Crippen molar-refractivity contribution in [3.63, 3.8) is 0 Å². The van der Waals surface area contributed by atoms with Crippen LogP contribution >= 0.6 is 22.9 Å². The molecule has 5 rings (SSSR count). The number of nitrogens with zero attached hydrogens (tertiary/aromatic N) is 2. The van der Waals surface area contributed by atoms with Crippen LogP contribution in [0.3, 0.4) is 0 Å². The Hall–Kier alpha value is -3.86. The smallest absolute Gasteiger partial charge is 0.269 e. The van der Waals surface area contributed by atoms with E-state index in [0.29, 0.717) is 17.1 Å². The molecule has 11 heteroatoms. The van der Waals surface area contributed by atoms with Crippen molar-refractivity contribution in [2.24, 2.45) is 0 Å². The number of rotatable bonds is 10. The van der Waals surface area contributed by atoms with Gasteiger partial charge in [-0.1, -0.05) is 54.1 Å². The summed E-state index contributed by atoms with van der Waals surface area (Å²) in [6, 6.07) is 21.0. The van der Waals surface area contributed by atoms with Crippen LogP contribution in [0.25, 0.3) is 10.8 Å². The van der Waals surface area contributed by atoms with E-state index >= 15 is 4.39 Å². The van der Waals surface area contributed by atoms with E-state index in [1.54, 1.807) is 23.6 Å². The van der Waals surface area contributed by atoms with E-state index in [9.17, 15) is 8.42 Å². The summed E-state index contributed by atoms with van der Waals surface area (Å²) in [6.07, 6.45) is 1.48. The van der Waals surface area contributed by atoms with E-state index in [1.165, 1.54) is 20.4 Å². The molecule has 0 bridgehead atoms. The van der Waals surface area contributed by atoms with Crippen LogP contribution in [0.4, 0.5) is 15.2 Å². The number of sulfonamides is 1. The number of benzene rings is 4. The lowest BCUT2D eigenvalue weighted by molar-refractivity contribution is 0.391. The fraction of sp³-hybridized carbons (Fsp3) is 0.167. The Morgan fingerprint density at radius 3 is 2.56 bits per heavy atom. The molecule has 0 saturated heterocycles. The molecule has 0 aliphatic heterocycles. The monoisotopic (exact) mass is 611 g/mol. The Bertz CT molecular complexity index is 1790.